The number of anilines is 2. The molecule has 0 bridgehead atoms. The maximum Gasteiger partial charge on any atom is 0.234 e. The molecule has 0 aliphatic rings. The minimum atomic E-state index is -0.606. The molecule has 0 saturated heterocycles. The summed E-state index contributed by atoms with van der Waals surface area (Å²) in [5, 5.41) is 47.8. The summed E-state index contributed by atoms with van der Waals surface area (Å²) < 4.78 is 0. The molecule has 12 nitrogen and oxygen atoms in total. The maximum atomic E-state index is 12.2. The number of aromatic nitrogens is 6. The fourth-order valence-corrected chi connectivity index (χ4v) is 4.56. The van der Waals surface area contributed by atoms with Crippen molar-refractivity contribution in [3.8, 4) is 11.5 Å². The number of nitrogens with zero attached hydrogens (tertiary/aromatic N) is 4. The van der Waals surface area contributed by atoms with E-state index in [-0.39, 0.29) is 46.2 Å². The fraction of sp³-hybridized carbons (Fsp3) is 0.217. The number of phenolic OH excluding ortho intramolecular Hbond substituents is 2. The van der Waals surface area contributed by atoms with Gasteiger partial charge in [0.15, 0.2) is 0 Å². The Bertz CT molecular complexity index is 1270. The molecular formula is C23H24N8O4S2. The van der Waals surface area contributed by atoms with Gasteiger partial charge in [0, 0.05) is 5.41 Å². The summed E-state index contributed by atoms with van der Waals surface area (Å²) in [7, 11) is 0. The quantitative estimate of drug-likeness (QED) is 0.129. The molecule has 4 aromatic rings. The number of phenols is 2. The molecule has 14 heteroatoms. The lowest BCUT2D eigenvalue weighted by Gasteiger charge is -2.27. The zero-order valence-corrected chi connectivity index (χ0v) is 21.5. The minimum absolute atomic E-state index is 0.0805. The van der Waals surface area contributed by atoms with Gasteiger partial charge in [0.1, 0.15) is 21.6 Å². The number of aromatic amines is 2. The molecular weight excluding hydrogens is 516 g/mol. The van der Waals surface area contributed by atoms with Gasteiger partial charge in [-0.1, -0.05) is 49.5 Å². The number of aromatic hydroxyl groups is 2. The number of benzene rings is 2. The normalized spacial score (nSPS) is 11.3. The van der Waals surface area contributed by atoms with Crippen LogP contribution in [0.1, 0.15) is 25.0 Å². The van der Waals surface area contributed by atoms with Crippen LogP contribution in [0, 0.1) is 0 Å². The van der Waals surface area contributed by atoms with Crippen LogP contribution in [0.25, 0.3) is 0 Å². The van der Waals surface area contributed by atoms with Crippen LogP contribution in [0.3, 0.4) is 0 Å². The summed E-state index contributed by atoms with van der Waals surface area (Å²) in [5.74, 6) is -0.527. The maximum absolute atomic E-state index is 12.2. The summed E-state index contributed by atoms with van der Waals surface area (Å²) >= 11 is 2.43. The molecule has 2 aromatic carbocycles. The Morgan fingerprint density at radius 3 is 1.59 bits per heavy atom. The van der Waals surface area contributed by atoms with E-state index in [4.69, 9.17) is 0 Å². The number of rotatable bonds is 10. The Morgan fingerprint density at radius 1 is 0.811 bits per heavy atom. The van der Waals surface area contributed by atoms with E-state index in [0.717, 1.165) is 11.1 Å². The molecule has 0 spiro atoms. The number of carbonyl (C=O) groups excluding carboxylic acids is 2. The molecule has 4 rings (SSSR count). The van der Waals surface area contributed by atoms with Gasteiger partial charge in [-0.15, -0.1) is 10.2 Å². The van der Waals surface area contributed by atoms with Gasteiger partial charge in [0.2, 0.25) is 11.8 Å². The third kappa shape index (κ3) is 6.59. The van der Waals surface area contributed by atoms with Crippen LogP contribution in [-0.4, -0.2) is 64.4 Å². The first-order valence-electron chi connectivity index (χ1n) is 11.0. The van der Waals surface area contributed by atoms with Crippen molar-refractivity contribution in [2.24, 2.45) is 0 Å². The predicted octanol–water partition coefficient (Wildman–Crippen LogP) is 3.12. The summed E-state index contributed by atoms with van der Waals surface area (Å²) in [6.07, 6.45) is 3.04. The highest BCUT2D eigenvalue weighted by Gasteiger charge is 2.25. The molecule has 192 valence electrons. The number of hydrogen-bond acceptors (Lipinski definition) is 10. The predicted molar refractivity (Wildman–Crippen MR) is 140 cm³/mol. The van der Waals surface area contributed by atoms with Crippen molar-refractivity contribution in [3.63, 3.8) is 0 Å². The topological polar surface area (TPSA) is 182 Å². The lowest BCUT2D eigenvalue weighted by molar-refractivity contribution is -0.114. The van der Waals surface area contributed by atoms with Crippen LogP contribution in [0.15, 0.2) is 58.8 Å². The molecule has 2 amide bonds. The highest BCUT2D eigenvalue weighted by molar-refractivity contribution is 8.00. The summed E-state index contributed by atoms with van der Waals surface area (Å²) in [5.41, 5.74) is 1.50. The van der Waals surface area contributed by atoms with Gasteiger partial charge in [0.25, 0.3) is 0 Å². The molecule has 2 aromatic heterocycles. The van der Waals surface area contributed by atoms with Crippen LogP contribution >= 0.6 is 23.5 Å². The van der Waals surface area contributed by atoms with Gasteiger partial charge >= 0.3 is 0 Å². The summed E-state index contributed by atoms with van der Waals surface area (Å²) in [4.78, 5) is 24.5. The average Bonchev–Trinajstić information content (AvgIpc) is 3.58. The molecule has 37 heavy (non-hydrogen) atoms. The monoisotopic (exact) mass is 540 g/mol. The van der Waals surface area contributed by atoms with Crippen LogP contribution in [-0.2, 0) is 15.0 Å². The zero-order chi connectivity index (χ0) is 26.4. The molecule has 0 unspecified atom stereocenters. The van der Waals surface area contributed by atoms with Gasteiger partial charge < -0.3 is 20.8 Å². The standard InChI is InChI=1S/C23H24N8O4S2/c1-23(2,13-3-5-15(17(32)7-13)26-19(34)11-36-21-9-24-30-28-21)14-4-6-16(18(33)8-14)27-20(35)12-37-22-10-25-31-29-22/h3-10,32-33H,11-12H2,1-2H3,(H,26,34)(H,27,35)(H,24,28,30)(H,25,29,31). The molecule has 6 N–H and O–H groups in total. The minimum Gasteiger partial charge on any atom is -0.506 e. The molecule has 2 heterocycles. The third-order valence-electron chi connectivity index (χ3n) is 5.48. The van der Waals surface area contributed by atoms with E-state index in [2.05, 4.69) is 41.5 Å². The molecule has 0 atom stereocenters. The first-order chi connectivity index (χ1) is 17.7. The second kappa shape index (κ2) is 11.3. The lowest BCUT2D eigenvalue weighted by atomic mass is 9.78. The molecule has 0 aliphatic carbocycles. The van der Waals surface area contributed by atoms with Crippen molar-refractivity contribution >= 4 is 46.7 Å². The van der Waals surface area contributed by atoms with E-state index in [1.54, 1.807) is 36.4 Å². The number of amides is 2. The molecule has 0 aliphatic heterocycles. The van der Waals surface area contributed by atoms with Crippen LogP contribution in [0.5, 0.6) is 11.5 Å². The van der Waals surface area contributed by atoms with Gasteiger partial charge in [-0.3, -0.25) is 9.59 Å². The van der Waals surface area contributed by atoms with Crippen molar-refractivity contribution < 1.29 is 19.8 Å². The smallest absolute Gasteiger partial charge is 0.234 e. The van der Waals surface area contributed by atoms with Crippen molar-refractivity contribution in [2.45, 2.75) is 29.3 Å². The number of thioether (sulfide) groups is 2. The van der Waals surface area contributed by atoms with E-state index < -0.39 is 5.41 Å². The lowest BCUT2D eigenvalue weighted by Crippen LogP contribution is -2.20. The Labute approximate surface area is 220 Å². The molecule has 0 radical (unpaired) electrons. The van der Waals surface area contributed by atoms with E-state index in [1.165, 1.54) is 35.9 Å². The van der Waals surface area contributed by atoms with E-state index in [0.29, 0.717) is 10.1 Å². The van der Waals surface area contributed by atoms with Crippen LogP contribution in [0.4, 0.5) is 11.4 Å². The van der Waals surface area contributed by atoms with Crippen molar-refractivity contribution in [3.05, 3.63) is 59.9 Å². The number of hydrogen-bond donors (Lipinski definition) is 6. The Morgan fingerprint density at radius 2 is 1.24 bits per heavy atom. The Balaban J connectivity index is 1.39. The van der Waals surface area contributed by atoms with Gasteiger partial charge in [-0.2, -0.15) is 20.6 Å². The zero-order valence-electron chi connectivity index (χ0n) is 19.8. The second-order valence-corrected chi connectivity index (χ2v) is 10.4. The fourth-order valence-electron chi connectivity index (χ4n) is 3.39. The summed E-state index contributed by atoms with van der Waals surface area (Å²) in [6.45, 7) is 3.88. The van der Waals surface area contributed by atoms with E-state index in [9.17, 15) is 19.8 Å². The highest BCUT2D eigenvalue weighted by atomic mass is 32.2. The third-order valence-corrected chi connectivity index (χ3v) is 7.27. The van der Waals surface area contributed by atoms with Gasteiger partial charge in [-0.25, -0.2) is 0 Å². The average molecular weight is 541 g/mol. The Kier molecular flexibility index (Phi) is 7.98. The van der Waals surface area contributed by atoms with Crippen LogP contribution < -0.4 is 10.6 Å². The largest absolute Gasteiger partial charge is 0.506 e. The van der Waals surface area contributed by atoms with E-state index in [1.807, 2.05) is 13.8 Å². The highest BCUT2D eigenvalue weighted by Crippen LogP contribution is 2.38. The number of H-pyrrole nitrogens is 2. The Hall–Kier alpha value is -4.04. The second-order valence-electron chi connectivity index (χ2n) is 8.38. The van der Waals surface area contributed by atoms with Crippen molar-refractivity contribution in [2.75, 3.05) is 22.1 Å². The van der Waals surface area contributed by atoms with Crippen molar-refractivity contribution in [1.82, 2.24) is 30.8 Å². The number of carbonyl (C=O) groups is 2. The van der Waals surface area contributed by atoms with Crippen molar-refractivity contribution in [1.29, 1.82) is 0 Å². The summed E-state index contributed by atoms with van der Waals surface area (Å²) in [6, 6.07) is 10.0. The SMILES string of the molecule is CC(C)(c1ccc(NC(=O)CSc2cn[nH]n2)c(O)c1)c1ccc(NC(=O)CSc2cn[nH]n2)c(O)c1. The first-order valence-corrected chi connectivity index (χ1v) is 12.9. The number of nitrogens with one attached hydrogen (secondary N) is 4. The first kappa shape index (κ1) is 26.0. The molecule has 0 fully saturated rings. The van der Waals surface area contributed by atoms with Gasteiger partial charge in [-0.05, 0) is 35.4 Å². The molecule has 0 saturated carbocycles. The van der Waals surface area contributed by atoms with E-state index >= 15 is 0 Å². The van der Waals surface area contributed by atoms with Gasteiger partial charge in [0.05, 0.1) is 35.3 Å². The van der Waals surface area contributed by atoms with Crippen LogP contribution in [0.2, 0.25) is 0 Å².